The minimum atomic E-state index is 0.175. The summed E-state index contributed by atoms with van der Waals surface area (Å²) >= 11 is 0. The van der Waals surface area contributed by atoms with Gasteiger partial charge in [0.15, 0.2) is 17.3 Å². The number of rotatable bonds is 4. The first-order valence-corrected chi connectivity index (χ1v) is 7.44. The van der Waals surface area contributed by atoms with E-state index in [0.29, 0.717) is 11.5 Å². The summed E-state index contributed by atoms with van der Waals surface area (Å²) in [6, 6.07) is 3.73. The van der Waals surface area contributed by atoms with Gasteiger partial charge in [-0.15, -0.1) is 0 Å². The molecule has 110 valence electrons. The van der Waals surface area contributed by atoms with Crippen LogP contribution in [0.4, 0.5) is 0 Å². The van der Waals surface area contributed by atoms with Gasteiger partial charge >= 0.3 is 0 Å². The van der Waals surface area contributed by atoms with Gasteiger partial charge in [-0.3, -0.25) is 4.79 Å². The Kier molecular flexibility index (Phi) is 5.05. The molecule has 0 amide bonds. The Labute approximate surface area is 121 Å². The molecule has 0 aliphatic heterocycles. The third-order valence-corrected chi connectivity index (χ3v) is 4.22. The second kappa shape index (κ2) is 6.78. The van der Waals surface area contributed by atoms with Gasteiger partial charge in [0.1, 0.15) is 0 Å². The van der Waals surface area contributed by atoms with Crippen molar-refractivity contribution in [2.24, 2.45) is 5.92 Å². The smallest absolute Gasteiger partial charge is 0.166 e. The number of ketones is 1. The Morgan fingerprint density at radius 3 is 2.10 bits per heavy atom. The maximum absolute atomic E-state index is 12.7. The highest BCUT2D eigenvalue weighted by Gasteiger charge is 2.24. The monoisotopic (exact) mass is 276 g/mol. The van der Waals surface area contributed by atoms with Crippen molar-refractivity contribution in [2.45, 2.75) is 45.4 Å². The normalized spacial score (nSPS) is 16.6. The first kappa shape index (κ1) is 14.9. The number of carbonyl (C=O) groups excluding carboxylic acids is 1. The van der Waals surface area contributed by atoms with Crippen molar-refractivity contribution in [1.29, 1.82) is 0 Å². The summed E-state index contributed by atoms with van der Waals surface area (Å²) in [4.78, 5) is 12.7. The average molecular weight is 276 g/mol. The molecule has 1 aromatic rings. The van der Waals surface area contributed by atoms with Crippen LogP contribution in [0.2, 0.25) is 0 Å². The molecule has 2 rings (SSSR count). The lowest BCUT2D eigenvalue weighted by Gasteiger charge is -2.16. The van der Waals surface area contributed by atoms with Crippen LogP contribution in [-0.2, 0) is 0 Å². The minimum absolute atomic E-state index is 0.175. The fourth-order valence-corrected chi connectivity index (χ4v) is 3.01. The Morgan fingerprint density at radius 2 is 1.55 bits per heavy atom. The molecule has 0 atom stereocenters. The third kappa shape index (κ3) is 3.14. The molecule has 1 fully saturated rings. The molecule has 1 saturated carbocycles. The predicted molar refractivity (Wildman–Crippen MR) is 79.8 cm³/mol. The molecule has 1 aromatic carbocycles. The SMILES string of the molecule is COc1cc(C)c(C(=O)C2CCCCCC2)cc1OC. The number of methoxy groups -OCH3 is 2. The van der Waals surface area contributed by atoms with Crippen molar-refractivity contribution in [1.82, 2.24) is 0 Å². The maximum Gasteiger partial charge on any atom is 0.166 e. The van der Waals surface area contributed by atoms with Gasteiger partial charge in [0.2, 0.25) is 0 Å². The molecular weight excluding hydrogens is 252 g/mol. The number of carbonyl (C=O) groups is 1. The van der Waals surface area contributed by atoms with Gasteiger partial charge < -0.3 is 9.47 Å². The largest absolute Gasteiger partial charge is 0.493 e. The minimum Gasteiger partial charge on any atom is -0.493 e. The highest BCUT2D eigenvalue weighted by atomic mass is 16.5. The van der Waals surface area contributed by atoms with Crippen LogP contribution in [0, 0.1) is 12.8 Å². The summed E-state index contributed by atoms with van der Waals surface area (Å²) in [5.41, 5.74) is 1.76. The van der Waals surface area contributed by atoms with E-state index in [9.17, 15) is 4.79 Å². The van der Waals surface area contributed by atoms with Crippen LogP contribution in [-0.4, -0.2) is 20.0 Å². The van der Waals surface area contributed by atoms with Crippen molar-refractivity contribution in [3.63, 3.8) is 0 Å². The van der Waals surface area contributed by atoms with Crippen molar-refractivity contribution in [3.05, 3.63) is 23.3 Å². The molecule has 3 nitrogen and oxygen atoms in total. The summed E-state index contributed by atoms with van der Waals surface area (Å²) in [6.07, 6.45) is 6.90. The van der Waals surface area contributed by atoms with Crippen LogP contribution in [0.5, 0.6) is 11.5 Å². The van der Waals surface area contributed by atoms with E-state index in [-0.39, 0.29) is 11.7 Å². The molecule has 20 heavy (non-hydrogen) atoms. The highest BCUT2D eigenvalue weighted by molar-refractivity contribution is 5.99. The molecule has 1 aliphatic carbocycles. The average Bonchev–Trinajstić information content (AvgIpc) is 2.75. The predicted octanol–water partition coefficient (Wildman–Crippen LogP) is 4.17. The highest BCUT2D eigenvalue weighted by Crippen LogP contribution is 2.33. The lowest BCUT2D eigenvalue weighted by molar-refractivity contribution is 0.0907. The van der Waals surface area contributed by atoms with Gasteiger partial charge in [0.25, 0.3) is 0 Å². The fourth-order valence-electron chi connectivity index (χ4n) is 3.01. The topological polar surface area (TPSA) is 35.5 Å². The molecule has 0 radical (unpaired) electrons. The van der Waals surface area contributed by atoms with Crippen LogP contribution in [0.1, 0.15) is 54.4 Å². The number of aryl methyl sites for hydroxylation is 1. The van der Waals surface area contributed by atoms with Crippen molar-refractivity contribution in [3.8, 4) is 11.5 Å². The quantitative estimate of drug-likeness (QED) is 0.611. The van der Waals surface area contributed by atoms with E-state index >= 15 is 0 Å². The van der Waals surface area contributed by atoms with E-state index < -0.39 is 0 Å². The van der Waals surface area contributed by atoms with Crippen LogP contribution < -0.4 is 9.47 Å². The van der Waals surface area contributed by atoms with Gasteiger partial charge in [-0.2, -0.15) is 0 Å². The Bertz CT molecular complexity index is 471. The van der Waals surface area contributed by atoms with Gasteiger partial charge in [-0.1, -0.05) is 25.7 Å². The second-order valence-electron chi connectivity index (χ2n) is 5.57. The van der Waals surface area contributed by atoms with Crippen molar-refractivity contribution >= 4 is 5.78 Å². The fraction of sp³-hybridized carbons (Fsp3) is 0.588. The summed E-state index contributed by atoms with van der Waals surface area (Å²) in [5, 5.41) is 0. The van der Waals surface area contributed by atoms with E-state index in [1.54, 1.807) is 14.2 Å². The Balaban J connectivity index is 2.28. The van der Waals surface area contributed by atoms with Gasteiger partial charge in [-0.05, 0) is 37.5 Å². The molecule has 0 heterocycles. The number of hydrogen-bond donors (Lipinski definition) is 0. The van der Waals surface area contributed by atoms with E-state index in [2.05, 4.69) is 0 Å². The second-order valence-corrected chi connectivity index (χ2v) is 5.57. The third-order valence-electron chi connectivity index (χ3n) is 4.22. The summed E-state index contributed by atoms with van der Waals surface area (Å²) < 4.78 is 10.6. The van der Waals surface area contributed by atoms with E-state index in [1.807, 2.05) is 19.1 Å². The molecular formula is C17H24O3. The van der Waals surface area contributed by atoms with Gasteiger partial charge in [-0.25, -0.2) is 0 Å². The molecule has 0 spiro atoms. The number of benzene rings is 1. The summed E-state index contributed by atoms with van der Waals surface area (Å²) in [5.74, 6) is 1.76. The zero-order valence-corrected chi connectivity index (χ0v) is 12.7. The molecule has 0 N–H and O–H groups in total. The Morgan fingerprint density at radius 1 is 1.00 bits per heavy atom. The number of Topliss-reactive ketones (excluding diaryl/α,β-unsaturated/α-hetero) is 1. The van der Waals surface area contributed by atoms with E-state index in [0.717, 1.165) is 24.0 Å². The molecule has 3 heteroatoms. The first-order valence-electron chi connectivity index (χ1n) is 7.44. The lowest BCUT2D eigenvalue weighted by Crippen LogP contribution is -2.15. The standard InChI is InChI=1S/C17H24O3/c1-12-10-15(19-2)16(20-3)11-14(12)17(18)13-8-6-4-5-7-9-13/h10-11,13H,4-9H2,1-3H3. The van der Waals surface area contributed by atoms with Gasteiger partial charge in [0, 0.05) is 11.5 Å². The Hall–Kier alpha value is -1.51. The lowest BCUT2D eigenvalue weighted by atomic mass is 9.89. The van der Waals surface area contributed by atoms with E-state index in [1.165, 1.54) is 25.7 Å². The zero-order valence-electron chi connectivity index (χ0n) is 12.7. The van der Waals surface area contributed by atoms with Crippen LogP contribution in [0.3, 0.4) is 0 Å². The van der Waals surface area contributed by atoms with Crippen LogP contribution in [0.25, 0.3) is 0 Å². The molecule has 0 unspecified atom stereocenters. The molecule has 0 aromatic heterocycles. The summed E-state index contributed by atoms with van der Waals surface area (Å²) in [7, 11) is 3.22. The zero-order chi connectivity index (χ0) is 14.5. The van der Waals surface area contributed by atoms with E-state index in [4.69, 9.17) is 9.47 Å². The first-order chi connectivity index (χ1) is 9.67. The summed E-state index contributed by atoms with van der Waals surface area (Å²) in [6.45, 7) is 1.96. The number of ether oxygens (including phenoxy) is 2. The van der Waals surface area contributed by atoms with Crippen LogP contribution in [0.15, 0.2) is 12.1 Å². The molecule has 0 bridgehead atoms. The molecule has 0 saturated heterocycles. The van der Waals surface area contributed by atoms with Crippen LogP contribution >= 0.6 is 0 Å². The number of hydrogen-bond acceptors (Lipinski definition) is 3. The molecule has 1 aliphatic rings. The van der Waals surface area contributed by atoms with Crippen molar-refractivity contribution < 1.29 is 14.3 Å². The van der Waals surface area contributed by atoms with Crippen molar-refractivity contribution in [2.75, 3.05) is 14.2 Å². The van der Waals surface area contributed by atoms with Gasteiger partial charge in [0.05, 0.1) is 14.2 Å². The maximum atomic E-state index is 12.7.